The van der Waals surface area contributed by atoms with Gasteiger partial charge in [-0.15, -0.1) is 0 Å². The molecule has 8 heavy (non-hydrogen) atoms. The topological polar surface area (TPSA) is 0 Å². The van der Waals surface area contributed by atoms with E-state index in [9.17, 15) is 0 Å². The van der Waals surface area contributed by atoms with E-state index in [2.05, 4.69) is 29.5 Å². The largest absolute Gasteiger partial charge is 0.0788 e. The van der Waals surface area contributed by atoms with E-state index in [-0.39, 0.29) is 0 Å². The Bertz CT molecular complexity index is 109. The van der Waals surface area contributed by atoms with Crippen molar-refractivity contribution >= 4 is 22.6 Å². The summed E-state index contributed by atoms with van der Waals surface area (Å²) in [6, 6.07) is 0. The van der Waals surface area contributed by atoms with Gasteiger partial charge in [-0.2, -0.15) is 0 Å². The summed E-state index contributed by atoms with van der Waals surface area (Å²) in [6.07, 6.45) is 6.00. The van der Waals surface area contributed by atoms with Crippen molar-refractivity contribution in [3.63, 3.8) is 0 Å². The lowest BCUT2D eigenvalue weighted by Crippen LogP contribution is -2.62. The highest BCUT2D eigenvalue weighted by Gasteiger charge is 2.64. The lowest BCUT2D eigenvalue weighted by molar-refractivity contribution is -0.0651. The Morgan fingerprint density at radius 2 is 1.88 bits per heavy atom. The number of halogens is 1. The van der Waals surface area contributed by atoms with Gasteiger partial charge in [-0.3, -0.25) is 0 Å². The number of hydrogen-bond acceptors (Lipinski definition) is 0. The maximum atomic E-state index is 2.63. The van der Waals surface area contributed by atoms with Crippen LogP contribution in [0, 0.1) is 5.41 Å². The van der Waals surface area contributed by atoms with Crippen LogP contribution in [0.3, 0.4) is 0 Å². The molecule has 3 rings (SSSR count). The molecule has 3 saturated carbocycles. The molecule has 46 valence electrons. The highest BCUT2D eigenvalue weighted by Crippen LogP contribution is 2.73. The van der Waals surface area contributed by atoms with Gasteiger partial charge in [-0.1, -0.05) is 35.9 Å². The van der Waals surface area contributed by atoms with Crippen LogP contribution in [0.25, 0.3) is 0 Å². The highest BCUT2D eigenvalue weighted by atomic mass is 127. The SMILES string of the molecule is CCC12CC(I)(C1)C2. The zero-order chi connectivity index (χ0) is 5.83. The van der Waals surface area contributed by atoms with E-state index in [1.807, 2.05) is 0 Å². The summed E-state index contributed by atoms with van der Waals surface area (Å²) in [7, 11) is 0. The summed E-state index contributed by atoms with van der Waals surface area (Å²) in [5.74, 6) is 0. The fourth-order valence-electron chi connectivity index (χ4n) is 2.24. The molecule has 3 aliphatic carbocycles. The van der Waals surface area contributed by atoms with Gasteiger partial charge in [-0.05, 0) is 24.7 Å². The molecule has 3 fully saturated rings. The Kier molecular flexibility index (Phi) is 0.862. The summed E-state index contributed by atoms with van der Waals surface area (Å²) in [5, 5.41) is 0. The molecule has 0 aromatic heterocycles. The van der Waals surface area contributed by atoms with Gasteiger partial charge in [0.15, 0.2) is 0 Å². The molecule has 0 atom stereocenters. The van der Waals surface area contributed by atoms with Crippen LogP contribution < -0.4 is 0 Å². The molecule has 0 aromatic rings. The molecule has 3 aliphatic rings. The van der Waals surface area contributed by atoms with Crippen LogP contribution in [0.15, 0.2) is 0 Å². The Morgan fingerprint density at radius 1 is 1.38 bits per heavy atom. The van der Waals surface area contributed by atoms with Crippen molar-refractivity contribution in [3.8, 4) is 0 Å². The van der Waals surface area contributed by atoms with Gasteiger partial charge in [0.2, 0.25) is 0 Å². The Morgan fingerprint density at radius 3 is 2.00 bits per heavy atom. The third-order valence-electron chi connectivity index (χ3n) is 2.83. The standard InChI is InChI=1S/C7H11I/c1-2-6-3-7(8,4-6)5-6/h2-5H2,1H3. The minimum absolute atomic E-state index is 0.799. The summed E-state index contributed by atoms with van der Waals surface area (Å²) in [4.78, 5) is 0. The van der Waals surface area contributed by atoms with E-state index in [0.717, 1.165) is 8.84 Å². The van der Waals surface area contributed by atoms with Crippen molar-refractivity contribution in [1.82, 2.24) is 0 Å². The van der Waals surface area contributed by atoms with Crippen molar-refractivity contribution in [3.05, 3.63) is 0 Å². The molecule has 2 bridgehead atoms. The quantitative estimate of drug-likeness (QED) is 0.472. The van der Waals surface area contributed by atoms with Crippen molar-refractivity contribution in [1.29, 1.82) is 0 Å². The van der Waals surface area contributed by atoms with Crippen LogP contribution in [-0.2, 0) is 0 Å². The first-order valence-corrected chi connectivity index (χ1v) is 4.45. The first-order chi connectivity index (χ1) is 3.68. The predicted octanol–water partition coefficient (Wildman–Crippen LogP) is 2.75. The molecular weight excluding hydrogens is 211 g/mol. The minimum atomic E-state index is 0.799. The molecule has 0 heterocycles. The number of alkyl halides is 1. The molecule has 1 heteroatoms. The van der Waals surface area contributed by atoms with Crippen LogP contribution in [0.4, 0.5) is 0 Å². The van der Waals surface area contributed by atoms with E-state index in [4.69, 9.17) is 0 Å². The summed E-state index contributed by atoms with van der Waals surface area (Å²) >= 11 is 2.63. The van der Waals surface area contributed by atoms with E-state index >= 15 is 0 Å². The molecule has 0 amide bonds. The fourth-order valence-corrected chi connectivity index (χ4v) is 4.66. The Hall–Kier alpha value is 0.730. The van der Waals surface area contributed by atoms with Crippen molar-refractivity contribution in [2.24, 2.45) is 5.41 Å². The third kappa shape index (κ3) is 0.468. The van der Waals surface area contributed by atoms with E-state index in [1.165, 1.54) is 25.7 Å². The average Bonchev–Trinajstić information content (AvgIpc) is 1.55. The third-order valence-corrected chi connectivity index (χ3v) is 3.97. The predicted molar refractivity (Wildman–Crippen MR) is 43.3 cm³/mol. The number of rotatable bonds is 1. The van der Waals surface area contributed by atoms with E-state index in [1.54, 1.807) is 0 Å². The van der Waals surface area contributed by atoms with Gasteiger partial charge in [-0.25, -0.2) is 0 Å². The molecule has 0 saturated heterocycles. The van der Waals surface area contributed by atoms with Crippen LogP contribution in [0.1, 0.15) is 32.6 Å². The Balaban J connectivity index is 2.04. The number of hydrogen-bond donors (Lipinski definition) is 0. The van der Waals surface area contributed by atoms with E-state index in [0.29, 0.717) is 0 Å². The van der Waals surface area contributed by atoms with Crippen molar-refractivity contribution in [2.45, 2.75) is 36.0 Å². The first-order valence-electron chi connectivity index (χ1n) is 3.37. The lowest BCUT2D eigenvalue weighted by Gasteiger charge is -2.68. The molecule has 0 nitrogen and oxygen atoms in total. The van der Waals surface area contributed by atoms with Gasteiger partial charge in [0.25, 0.3) is 0 Å². The van der Waals surface area contributed by atoms with Gasteiger partial charge in [0.1, 0.15) is 0 Å². The van der Waals surface area contributed by atoms with Gasteiger partial charge in [0.05, 0.1) is 0 Å². The molecule has 0 N–H and O–H groups in total. The monoisotopic (exact) mass is 222 g/mol. The second-order valence-electron chi connectivity index (χ2n) is 3.53. The summed E-state index contributed by atoms with van der Waals surface area (Å²) < 4.78 is 0.799. The molecular formula is C7H11I. The van der Waals surface area contributed by atoms with Gasteiger partial charge >= 0.3 is 0 Å². The molecule has 0 aromatic carbocycles. The average molecular weight is 222 g/mol. The molecule has 0 radical (unpaired) electrons. The van der Waals surface area contributed by atoms with Gasteiger partial charge < -0.3 is 0 Å². The molecule has 0 spiro atoms. The zero-order valence-electron chi connectivity index (χ0n) is 5.21. The second kappa shape index (κ2) is 1.25. The lowest BCUT2D eigenvalue weighted by atomic mass is 9.43. The van der Waals surface area contributed by atoms with Gasteiger partial charge in [0, 0.05) is 3.42 Å². The fraction of sp³-hybridized carbons (Fsp3) is 1.00. The maximum absolute atomic E-state index is 2.63. The van der Waals surface area contributed by atoms with E-state index < -0.39 is 0 Å². The molecule has 0 aliphatic heterocycles. The zero-order valence-corrected chi connectivity index (χ0v) is 7.36. The minimum Gasteiger partial charge on any atom is -0.0788 e. The second-order valence-corrected chi connectivity index (χ2v) is 5.82. The van der Waals surface area contributed by atoms with Crippen LogP contribution in [-0.4, -0.2) is 3.42 Å². The van der Waals surface area contributed by atoms with Crippen LogP contribution in [0.5, 0.6) is 0 Å². The van der Waals surface area contributed by atoms with Crippen LogP contribution in [0.2, 0.25) is 0 Å². The summed E-state index contributed by atoms with van der Waals surface area (Å²) in [6.45, 7) is 2.33. The smallest absolute Gasteiger partial charge is 0.0238 e. The van der Waals surface area contributed by atoms with Crippen molar-refractivity contribution < 1.29 is 0 Å². The summed E-state index contributed by atoms with van der Waals surface area (Å²) in [5.41, 5.74) is 0.862. The first kappa shape index (κ1) is 5.51. The Labute approximate surface area is 64.2 Å². The molecule has 0 unspecified atom stereocenters. The van der Waals surface area contributed by atoms with Crippen LogP contribution >= 0.6 is 22.6 Å². The maximum Gasteiger partial charge on any atom is 0.0238 e. The highest BCUT2D eigenvalue weighted by molar-refractivity contribution is 14.1. The van der Waals surface area contributed by atoms with Crippen molar-refractivity contribution in [2.75, 3.05) is 0 Å². The normalized spacial score (nSPS) is 59.2.